The second-order valence-corrected chi connectivity index (χ2v) is 5.52. The lowest BCUT2D eigenvalue weighted by Crippen LogP contribution is -2.28. The zero-order chi connectivity index (χ0) is 13.8. The van der Waals surface area contributed by atoms with Gasteiger partial charge in [0.05, 0.1) is 20.3 Å². The summed E-state index contributed by atoms with van der Waals surface area (Å²) in [5, 5.41) is 4.08. The highest BCUT2D eigenvalue weighted by Crippen LogP contribution is 2.34. The molecule has 1 unspecified atom stereocenters. The van der Waals surface area contributed by atoms with Gasteiger partial charge in [0.15, 0.2) is 0 Å². The normalized spacial score (nSPS) is 12.2. The molecular formula is C13H15BrN2O2S. The number of nitrogens with two attached hydrogens (primary N) is 1. The first-order valence-electron chi connectivity index (χ1n) is 5.60. The van der Waals surface area contributed by atoms with Crippen LogP contribution in [0.4, 0.5) is 0 Å². The Morgan fingerprint density at radius 1 is 1.16 bits per heavy atom. The molecule has 2 rings (SSSR count). The predicted octanol–water partition coefficient (Wildman–Crippen LogP) is 3.08. The van der Waals surface area contributed by atoms with Gasteiger partial charge < -0.3 is 9.47 Å². The van der Waals surface area contributed by atoms with Crippen LogP contribution in [-0.2, 0) is 0 Å². The molecule has 4 nitrogen and oxygen atoms in total. The molecule has 0 amide bonds. The van der Waals surface area contributed by atoms with E-state index in [1.54, 1.807) is 25.6 Å². The second kappa shape index (κ2) is 6.38. The van der Waals surface area contributed by atoms with Crippen LogP contribution in [0.3, 0.4) is 0 Å². The molecule has 0 aliphatic rings. The molecule has 6 heteroatoms. The molecule has 0 aliphatic carbocycles. The van der Waals surface area contributed by atoms with E-state index in [4.69, 9.17) is 15.3 Å². The Kier molecular flexibility index (Phi) is 4.81. The zero-order valence-corrected chi connectivity index (χ0v) is 13.0. The fourth-order valence-electron chi connectivity index (χ4n) is 1.86. The lowest BCUT2D eigenvalue weighted by Gasteiger charge is -2.18. The van der Waals surface area contributed by atoms with Crippen LogP contribution >= 0.6 is 27.3 Å². The summed E-state index contributed by atoms with van der Waals surface area (Å²) in [6.07, 6.45) is 0. The number of rotatable bonds is 5. The molecule has 3 N–H and O–H groups in total. The van der Waals surface area contributed by atoms with Crippen molar-refractivity contribution >= 4 is 27.3 Å². The van der Waals surface area contributed by atoms with E-state index in [-0.39, 0.29) is 6.04 Å². The first-order valence-corrected chi connectivity index (χ1v) is 7.34. The molecular weight excluding hydrogens is 328 g/mol. The van der Waals surface area contributed by atoms with Crippen LogP contribution in [0, 0.1) is 0 Å². The van der Waals surface area contributed by atoms with Crippen molar-refractivity contribution in [2.24, 2.45) is 5.84 Å². The number of nitrogens with one attached hydrogen (secondary N) is 1. The summed E-state index contributed by atoms with van der Waals surface area (Å²) in [5.41, 5.74) is 4.90. The highest BCUT2D eigenvalue weighted by molar-refractivity contribution is 9.10. The minimum atomic E-state index is -0.121. The molecule has 0 saturated heterocycles. The number of hydrogen-bond acceptors (Lipinski definition) is 5. The molecule has 2 aromatic rings. The first kappa shape index (κ1) is 14.3. The van der Waals surface area contributed by atoms with Crippen molar-refractivity contribution < 1.29 is 9.47 Å². The van der Waals surface area contributed by atoms with Gasteiger partial charge in [0, 0.05) is 15.9 Å². The van der Waals surface area contributed by atoms with Crippen molar-refractivity contribution in [2.45, 2.75) is 6.04 Å². The summed E-state index contributed by atoms with van der Waals surface area (Å²) in [5.74, 6) is 7.17. The Morgan fingerprint density at radius 2 is 1.79 bits per heavy atom. The van der Waals surface area contributed by atoms with Crippen molar-refractivity contribution in [1.82, 2.24) is 5.43 Å². The van der Waals surface area contributed by atoms with Gasteiger partial charge in [-0.2, -0.15) is 11.3 Å². The number of halogens is 1. The highest BCUT2D eigenvalue weighted by Gasteiger charge is 2.18. The van der Waals surface area contributed by atoms with E-state index in [9.17, 15) is 0 Å². The van der Waals surface area contributed by atoms with Crippen molar-refractivity contribution in [2.75, 3.05) is 14.2 Å². The third-order valence-electron chi connectivity index (χ3n) is 2.83. The third-order valence-corrected chi connectivity index (χ3v) is 4.58. The van der Waals surface area contributed by atoms with Gasteiger partial charge in [-0.05, 0) is 44.6 Å². The average molecular weight is 343 g/mol. The summed E-state index contributed by atoms with van der Waals surface area (Å²) in [4.78, 5) is 0. The molecule has 19 heavy (non-hydrogen) atoms. The quantitative estimate of drug-likeness (QED) is 0.647. The number of methoxy groups -OCH3 is 2. The van der Waals surface area contributed by atoms with Crippen LogP contribution in [0.15, 0.2) is 33.4 Å². The smallest absolute Gasteiger partial charge is 0.122 e. The van der Waals surface area contributed by atoms with Crippen LogP contribution < -0.4 is 20.7 Å². The van der Waals surface area contributed by atoms with E-state index in [1.807, 2.05) is 23.6 Å². The maximum atomic E-state index is 5.70. The van der Waals surface area contributed by atoms with Gasteiger partial charge in [-0.25, -0.2) is 5.43 Å². The largest absolute Gasteiger partial charge is 0.497 e. The van der Waals surface area contributed by atoms with Crippen molar-refractivity contribution in [3.05, 3.63) is 44.6 Å². The number of hydrogen-bond donors (Lipinski definition) is 2. The second-order valence-electron chi connectivity index (χ2n) is 3.92. The van der Waals surface area contributed by atoms with Gasteiger partial charge in [-0.15, -0.1) is 0 Å². The molecule has 0 radical (unpaired) electrons. The number of hydrazine groups is 1. The van der Waals surface area contributed by atoms with E-state index in [2.05, 4.69) is 26.7 Å². The molecule has 1 aromatic heterocycles. The van der Waals surface area contributed by atoms with Crippen LogP contribution in [-0.4, -0.2) is 14.2 Å². The van der Waals surface area contributed by atoms with Gasteiger partial charge in [0.1, 0.15) is 11.5 Å². The third kappa shape index (κ3) is 3.09. The molecule has 102 valence electrons. The van der Waals surface area contributed by atoms with Crippen molar-refractivity contribution in [1.29, 1.82) is 0 Å². The molecule has 0 aliphatic heterocycles. The summed E-state index contributed by atoms with van der Waals surface area (Å²) in [6, 6.07) is 5.60. The molecule has 0 spiro atoms. The Hall–Kier alpha value is -1.08. The van der Waals surface area contributed by atoms with Crippen LogP contribution in [0.5, 0.6) is 11.5 Å². The first-order chi connectivity index (χ1) is 9.19. The Labute approximate surface area is 124 Å². The van der Waals surface area contributed by atoms with Crippen LogP contribution in [0.25, 0.3) is 0 Å². The molecule has 0 bridgehead atoms. The predicted molar refractivity (Wildman–Crippen MR) is 80.7 cm³/mol. The van der Waals surface area contributed by atoms with Crippen molar-refractivity contribution in [3.63, 3.8) is 0 Å². The highest BCUT2D eigenvalue weighted by atomic mass is 79.9. The van der Waals surface area contributed by atoms with Crippen LogP contribution in [0.1, 0.15) is 17.2 Å². The summed E-state index contributed by atoms with van der Waals surface area (Å²) >= 11 is 5.15. The summed E-state index contributed by atoms with van der Waals surface area (Å²) in [7, 11) is 3.26. The molecule has 0 saturated carbocycles. The lowest BCUT2D eigenvalue weighted by atomic mass is 10.0. The Morgan fingerprint density at radius 3 is 2.21 bits per heavy atom. The number of benzene rings is 1. The maximum Gasteiger partial charge on any atom is 0.122 e. The minimum Gasteiger partial charge on any atom is -0.497 e. The van der Waals surface area contributed by atoms with Gasteiger partial charge in [0.2, 0.25) is 0 Å². The standard InChI is InChI=1S/C13H15BrN2O2S/c1-17-9-3-8(4-10(5-9)18-2)13(16-15)11-6-19-7-12(11)14/h3-7,13,16H,15H2,1-2H3. The van der Waals surface area contributed by atoms with E-state index >= 15 is 0 Å². The Balaban J connectivity index is 2.46. The van der Waals surface area contributed by atoms with E-state index in [1.165, 1.54) is 0 Å². The number of thiophene rings is 1. The van der Waals surface area contributed by atoms with Gasteiger partial charge in [0.25, 0.3) is 0 Å². The van der Waals surface area contributed by atoms with Gasteiger partial charge in [-0.1, -0.05) is 0 Å². The van der Waals surface area contributed by atoms with Gasteiger partial charge >= 0.3 is 0 Å². The number of ether oxygens (including phenoxy) is 2. The average Bonchev–Trinajstić information content (AvgIpc) is 2.85. The van der Waals surface area contributed by atoms with Crippen molar-refractivity contribution in [3.8, 4) is 11.5 Å². The van der Waals surface area contributed by atoms with E-state index in [0.29, 0.717) is 0 Å². The van der Waals surface area contributed by atoms with Gasteiger partial charge in [-0.3, -0.25) is 5.84 Å². The topological polar surface area (TPSA) is 56.5 Å². The monoisotopic (exact) mass is 342 g/mol. The fraction of sp³-hybridized carbons (Fsp3) is 0.231. The summed E-state index contributed by atoms with van der Waals surface area (Å²) < 4.78 is 11.6. The van der Waals surface area contributed by atoms with E-state index in [0.717, 1.165) is 27.1 Å². The maximum absolute atomic E-state index is 5.70. The molecule has 1 aromatic carbocycles. The lowest BCUT2D eigenvalue weighted by molar-refractivity contribution is 0.392. The molecule has 0 fully saturated rings. The molecule has 1 heterocycles. The Bertz CT molecular complexity index is 537. The van der Waals surface area contributed by atoms with E-state index < -0.39 is 0 Å². The summed E-state index contributed by atoms with van der Waals surface area (Å²) in [6.45, 7) is 0. The zero-order valence-electron chi connectivity index (χ0n) is 10.6. The SMILES string of the molecule is COc1cc(OC)cc(C(NN)c2cscc2Br)c1. The van der Waals surface area contributed by atoms with Crippen LogP contribution in [0.2, 0.25) is 0 Å². The minimum absolute atomic E-state index is 0.121. The fourth-order valence-corrected chi connectivity index (χ4v) is 3.41. The molecule has 1 atom stereocenters.